The van der Waals surface area contributed by atoms with Crippen molar-refractivity contribution in [1.82, 2.24) is 10.2 Å². The second kappa shape index (κ2) is 7.46. The van der Waals surface area contributed by atoms with Crippen LogP contribution in [-0.4, -0.2) is 36.0 Å². The number of anilines is 1. The lowest BCUT2D eigenvalue weighted by atomic mass is 9.86. The Labute approximate surface area is 154 Å². The van der Waals surface area contributed by atoms with Crippen LogP contribution in [0.1, 0.15) is 28.4 Å². The van der Waals surface area contributed by atoms with Crippen LogP contribution in [-0.2, 0) is 12.3 Å². The molecule has 1 aliphatic heterocycles. The number of nitrogens with zero attached hydrogens (tertiary/aromatic N) is 1. The van der Waals surface area contributed by atoms with Crippen LogP contribution in [0, 0.1) is 0 Å². The number of nitrogen functional groups attached to an aromatic ring is 1. The van der Waals surface area contributed by atoms with E-state index in [2.05, 4.69) is 18.3 Å². The maximum atomic E-state index is 13.1. The summed E-state index contributed by atoms with van der Waals surface area (Å²) in [5, 5.41) is 3.43. The van der Waals surface area contributed by atoms with Crippen molar-refractivity contribution in [2.24, 2.45) is 0 Å². The van der Waals surface area contributed by atoms with Gasteiger partial charge in [-0.25, -0.2) is 0 Å². The highest BCUT2D eigenvalue weighted by atomic mass is 35.5. The molecule has 132 valence electrons. The van der Waals surface area contributed by atoms with Crippen LogP contribution in [0.15, 0.2) is 48.5 Å². The molecule has 4 nitrogen and oxygen atoms in total. The van der Waals surface area contributed by atoms with Crippen LogP contribution in [0.2, 0.25) is 0 Å². The number of hydrogen-bond donors (Lipinski definition) is 2. The fourth-order valence-corrected chi connectivity index (χ4v) is 3.87. The highest BCUT2D eigenvalue weighted by Gasteiger charge is 2.38. The number of benzene rings is 2. The Balaban J connectivity index is 1.92. The van der Waals surface area contributed by atoms with E-state index in [0.29, 0.717) is 24.5 Å². The molecular weight excluding hydrogens is 334 g/mol. The second-order valence-electron chi connectivity index (χ2n) is 6.79. The summed E-state index contributed by atoms with van der Waals surface area (Å²) >= 11 is 6.12. The number of carbonyl (C=O) groups is 1. The van der Waals surface area contributed by atoms with Gasteiger partial charge in [0.05, 0.1) is 5.54 Å². The zero-order chi connectivity index (χ0) is 17.9. The summed E-state index contributed by atoms with van der Waals surface area (Å²) in [5.41, 5.74) is 9.25. The number of carbonyl (C=O) groups excluding carboxylic acids is 1. The van der Waals surface area contributed by atoms with E-state index in [1.807, 2.05) is 47.4 Å². The summed E-state index contributed by atoms with van der Waals surface area (Å²) in [6.07, 6.45) is 0.714. The van der Waals surface area contributed by atoms with Crippen LogP contribution in [0.25, 0.3) is 0 Å². The van der Waals surface area contributed by atoms with Crippen LogP contribution < -0.4 is 11.1 Å². The SMILES string of the molecule is C[C@]1(Cc2cccc(N)c2CCl)CNCCN1C(=O)c1ccccc1. The molecule has 1 aliphatic rings. The van der Waals surface area contributed by atoms with Crippen molar-refractivity contribution < 1.29 is 4.79 Å². The van der Waals surface area contributed by atoms with Crippen molar-refractivity contribution in [2.75, 3.05) is 25.4 Å². The fourth-order valence-electron chi connectivity index (χ4n) is 3.55. The van der Waals surface area contributed by atoms with Gasteiger partial charge >= 0.3 is 0 Å². The zero-order valence-electron chi connectivity index (χ0n) is 14.5. The summed E-state index contributed by atoms with van der Waals surface area (Å²) in [7, 11) is 0. The number of alkyl halides is 1. The average Bonchev–Trinajstić information content (AvgIpc) is 2.62. The molecule has 0 saturated carbocycles. The lowest BCUT2D eigenvalue weighted by Crippen LogP contribution is -2.62. The Morgan fingerprint density at radius 1 is 1.24 bits per heavy atom. The third kappa shape index (κ3) is 3.65. The summed E-state index contributed by atoms with van der Waals surface area (Å²) in [4.78, 5) is 15.1. The molecule has 5 heteroatoms. The van der Waals surface area contributed by atoms with E-state index in [-0.39, 0.29) is 11.4 Å². The van der Waals surface area contributed by atoms with E-state index in [1.165, 1.54) is 0 Å². The molecule has 1 amide bonds. The number of amides is 1. The van der Waals surface area contributed by atoms with E-state index in [1.54, 1.807) is 0 Å². The number of halogens is 1. The van der Waals surface area contributed by atoms with Crippen molar-refractivity contribution in [3.05, 3.63) is 65.2 Å². The van der Waals surface area contributed by atoms with Crippen molar-refractivity contribution in [3.8, 4) is 0 Å². The summed E-state index contributed by atoms with van der Waals surface area (Å²) < 4.78 is 0. The average molecular weight is 358 g/mol. The van der Waals surface area contributed by atoms with Crippen molar-refractivity contribution in [3.63, 3.8) is 0 Å². The topological polar surface area (TPSA) is 58.4 Å². The van der Waals surface area contributed by atoms with Crippen LogP contribution >= 0.6 is 11.6 Å². The first-order valence-corrected chi connectivity index (χ1v) is 9.08. The predicted octanol–water partition coefficient (Wildman–Crippen LogP) is 3.05. The minimum atomic E-state index is -0.334. The maximum absolute atomic E-state index is 13.1. The van der Waals surface area contributed by atoms with Crippen LogP contribution in [0.5, 0.6) is 0 Å². The first kappa shape index (κ1) is 17.8. The van der Waals surface area contributed by atoms with E-state index in [4.69, 9.17) is 17.3 Å². The number of rotatable bonds is 4. The van der Waals surface area contributed by atoms with Crippen molar-refractivity contribution in [1.29, 1.82) is 0 Å². The van der Waals surface area contributed by atoms with Crippen molar-refractivity contribution >= 4 is 23.2 Å². The largest absolute Gasteiger partial charge is 0.398 e. The second-order valence-corrected chi connectivity index (χ2v) is 7.06. The first-order valence-electron chi connectivity index (χ1n) is 8.55. The van der Waals surface area contributed by atoms with E-state index in [9.17, 15) is 4.79 Å². The standard InChI is InChI=1S/C20H24ClN3O/c1-20(12-16-8-5-9-18(22)17(16)13-21)14-23-10-11-24(20)19(25)15-6-3-2-4-7-15/h2-9,23H,10-14,22H2,1H3/t20-/m0/s1. The monoisotopic (exact) mass is 357 g/mol. The fraction of sp³-hybridized carbons (Fsp3) is 0.350. The molecule has 25 heavy (non-hydrogen) atoms. The van der Waals surface area contributed by atoms with Gasteiger partial charge in [0.15, 0.2) is 0 Å². The molecule has 1 heterocycles. The van der Waals surface area contributed by atoms with Gasteiger partial charge in [0.25, 0.3) is 5.91 Å². The summed E-state index contributed by atoms with van der Waals surface area (Å²) in [5.74, 6) is 0.443. The molecule has 3 rings (SSSR count). The number of piperazine rings is 1. The van der Waals surface area contributed by atoms with Gasteiger partial charge in [-0.3, -0.25) is 4.79 Å². The normalized spacial score (nSPS) is 20.5. The molecule has 1 fully saturated rings. The van der Waals surface area contributed by atoms with Gasteiger partial charge in [0.2, 0.25) is 0 Å². The number of hydrogen-bond acceptors (Lipinski definition) is 3. The minimum Gasteiger partial charge on any atom is -0.398 e. The molecule has 3 N–H and O–H groups in total. The predicted molar refractivity (Wildman–Crippen MR) is 103 cm³/mol. The quantitative estimate of drug-likeness (QED) is 0.653. The van der Waals surface area contributed by atoms with Gasteiger partial charge in [0.1, 0.15) is 0 Å². The first-order chi connectivity index (χ1) is 12.0. The third-order valence-corrected chi connectivity index (χ3v) is 5.22. The Kier molecular flexibility index (Phi) is 5.30. The van der Waals surface area contributed by atoms with Crippen LogP contribution in [0.4, 0.5) is 5.69 Å². The molecule has 0 unspecified atom stereocenters. The van der Waals surface area contributed by atoms with Gasteiger partial charge in [-0.1, -0.05) is 30.3 Å². The Bertz CT molecular complexity index is 750. The molecule has 1 saturated heterocycles. The summed E-state index contributed by atoms with van der Waals surface area (Å²) in [6, 6.07) is 15.3. The molecule has 0 aliphatic carbocycles. The molecule has 2 aromatic carbocycles. The minimum absolute atomic E-state index is 0.0703. The van der Waals surface area contributed by atoms with E-state index < -0.39 is 0 Å². The summed E-state index contributed by atoms with van der Waals surface area (Å²) in [6.45, 7) is 4.35. The van der Waals surface area contributed by atoms with Gasteiger partial charge in [-0.2, -0.15) is 0 Å². The lowest BCUT2D eigenvalue weighted by molar-refractivity contribution is 0.0427. The van der Waals surface area contributed by atoms with Crippen LogP contribution in [0.3, 0.4) is 0 Å². The molecule has 2 aromatic rings. The van der Waals surface area contributed by atoms with E-state index in [0.717, 1.165) is 29.8 Å². The zero-order valence-corrected chi connectivity index (χ0v) is 15.2. The Morgan fingerprint density at radius 3 is 2.72 bits per heavy atom. The van der Waals surface area contributed by atoms with Gasteiger partial charge in [0, 0.05) is 36.8 Å². The van der Waals surface area contributed by atoms with E-state index >= 15 is 0 Å². The lowest BCUT2D eigenvalue weighted by Gasteiger charge is -2.46. The smallest absolute Gasteiger partial charge is 0.254 e. The number of nitrogens with two attached hydrogens (primary N) is 1. The number of nitrogens with one attached hydrogen (secondary N) is 1. The molecule has 0 spiro atoms. The van der Waals surface area contributed by atoms with Gasteiger partial charge in [-0.05, 0) is 42.7 Å². The third-order valence-electron chi connectivity index (χ3n) is 4.95. The Morgan fingerprint density at radius 2 is 2.00 bits per heavy atom. The Hall–Kier alpha value is -2.04. The highest BCUT2D eigenvalue weighted by Crippen LogP contribution is 2.29. The maximum Gasteiger partial charge on any atom is 0.254 e. The van der Waals surface area contributed by atoms with Crippen molar-refractivity contribution in [2.45, 2.75) is 24.8 Å². The molecule has 0 radical (unpaired) electrons. The molecular formula is C20H24ClN3O. The van der Waals surface area contributed by atoms with Gasteiger partial charge in [-0.15, -0.1) is 11.6 Å². The highest BCUT2D eigenvalue weighted by molar-refractivity contribution is 6.17. The molecule has 1 atom stereocenters. The van der Waals surface area contributed by atoms with Gasteiger partial charge < -0.3 is 16.0 Å². The molecule has 0 aromatic heterocycles. The molecule has 0 bridgehead atoms.